The van der Waals surface area contributed by atoms with Crippen molar-refractivity contribution in [2.75, 3.05) is 18.1 Å². The summed E-state index contributed by atoms with van der Waals surface area (Å²) < 4.78 is 29.4. The summed E-state index contributed by atoms with van der Waals surface area (Å²) in [6, 6.07) is 5.88. The minimum atomic E-state index is -2.90. The lowest BCUT2D eigenvalue weighted by molar-refractivity contribution is 0.227. The number of ether oxygens (including phenoxy) is 1. The first-order valence-corrected chi connectivity index (χ1v) is 8.98. The maximum atomic E-state index is 11.4. The summed E-state index contributed by atoms with van der Waals surface area (Å²) >= 11 is 3.47. The van der Waals surface area contributed by atoms with Crippen LogP contribution in [-0.2, 0) is 16.4 Å². The van der Waals surface area contributed by atoms with Gasteiger partial charge in [0.1, 0.15) is 11.9 Å². The van der Waals surface area contributed by atoms with Crippen LogP contribution in [0.4, 0.5) is 0 Å². The molecule has 0 spiro atoms. The van der Waals surface area contributed by atoms with E-state index in [0.29, 0.717) is 12.2 Å². The molecular formula is C13H18BrNO3S. The standard InChI is InChI=1S/C13H18BrNO3S/c1-2-15-8-10-3-4-13(12(14)7-10)18-11-5-6-19(16,17)9-11/h3-4,7,11,15H,2,5-6,8-9H2,1H3. The van der Waals surface area contributed by atoms with Crippen LogP contribution in [0.25, 0.3) is 0 Å². The third-order valence-corrected chi connectivity index (χ3v) is 5.42. The maximum Gasteiger partial charge on any atom is 0.154 e. The molecule has 1 saturated heterocycles. The van der Waals surface area contributed by atoms with Crippen LogP contribution < -0.4 is 10.1 Å². The second kappa shape index (κ2) is 6.24. The summed E-state index contributed by atoms with van der Waals surface area (Å²) in [5.41, 5.74) is 1.17. The summed E-state index contributed by atoms with van der Waals surface area (Å²) in [5.74, 6) is 1.06. The highest BCUT2D eigenvalue weighted by molar-refractivity contribution is 9.10. The van der Waals surface area contributed by atoms with Crippen LogP contribution in [0.5, 0.6) is 5.75 Å². The van der Waals surface area contributed by atoms with Gasteiger partial charge in [0, 0.05) is 6.54 Å². The number of hydrogen-bond donors (Lipinski definition) is 1. The van der Waals surface area contributed by atoms with E-state index in [4.69, 9.17) is 4.74 Å². The fraction of sp³-hybridized carbons (Fsp3) is 0.538. The molecule has 2 rings (SSSR count). The summed E-state index contributed by atoms with van der Waals surface area (Å²) in [4.78, 5) is 0. The Hall–Kier alpha value is -0.590. The van der Waals surface area contributed by atoms with Gasteiger partial charge in [0.2, 0.25) is 0 Å². The van der Waals surface area contributed by atoms with Crippen molar-refractivity contribution in [2.45, 2.75) is 26.0 Å². The van der Waals surface area contributed by atoms with Crippen molar-refractivity contribution < 1.29 is 13.2 Å². The Labute approximate surface area is 122 Å². The quantitative estimate of drug-likeness (QED) is 0.886. The van der Waals surface area contributed by atoms with E-state index < -0.39 is 9.84 Å². The summed E-state index contributed by atoms with van der Waals surface area (Å²) in [6.07, 6.45) is 0.356. The van der Waals surface area contributed by atoms with Crippen molar-refractivity contribution >= 4 is 25.8 Å². The van der Waals surface area contributed by atoms with Gasteiger partial charge < -0.3 is 10.1 Å². The molecule has 1 N–H and O–H groups in total. The molecule has 0 aromatic heterocycles. The molecule has 1 aromatic rings. The lowest BCUT2D eigenvalue weighted by atomic mass is 10.2. The molecule has 0 saturated carbocycles. The molecule has 0 amide bonds. The van der Waals surface area contributed by atoms with Gasteiger partial charge in [0.25, 0.3) is 0 Å². The molecule has 1 heterocycles. The summed E-state index contributed by atoms with van der Waals surface area (Å²) in [5, 5.41) is 3.25. The van der Waals surface area contributed by atoms with Crippen LogP contribution in [0.15, 0.2) is 22.7 Å². The van der Waals surface area contributed by atoms with Crippen molar-refractivity contribution in [2.24, 2.45) is 0 Å². The van der Waals surface area contributed by atoms with E-state index in [0.717, 1.165) is 17.6 Å². The third-order valence-electron chi connectivity index (χ3n) is 3.06. The van der Waals surface area contributed by atoms with Crippen LogP contribution in [0.1, 0.15) is 18.9 Å². The van der Waals surface area contributed by atoms with Crippen LogP contribution in [0.3, 0.4) is 0 Å². The van der Waals surface area contributed by atoms with E-state index in [2.05, 4.69) is 28.2 Å². The van der Waals surface area contributed by atoms with Crippen molar-refractivity contribution in [1.82, 2.24) is 5.32 Å². The van der Waals surface area contributed by atoms with E-state index in [1.54, 1.807) is 0 Å². The van der Waals surface area contributed by atoms with Crippen molar-refractivity contribution in [3.05, 3.63) is 28.2 Å². The van der Waals surface area contributed by atoms with Gasteiger partial charge in [-0.1, -0.05) is 13.0 Å². The number of sulfone groups is 1. The van der Waals surface area contributed by atoms with Crippen LogP contribution in [0.2, 0.25) is 0 Å². The Bertz CT molecular complexity index is 545. The monoisotopic (exact) mass is 347 g/mol. The first kappa shape index (κ1) is 14.8. The molecule has 19 heavy (non-hydrogen) atoms. The first-order chi connectivity index (χ1) is 9.00. The Kier molecular flexibility index (Phi) is 4.86. The number of rotatable bonds is 5. The number of halogens is 1. The highest BCUT2D eigenvalue weighted by Gasteiger charge is 2.29. The lowest BCUT2D eigenvalue weighted by Crippen LogP contribution is -2.18. The molecule has 1 aromatic carbocycles. The van der Waals surface area contributed by atoms with Gasteiger partial charge in [-0.15, -0.1) is 0 Å². The fourth-order valence-electron chi connectivity index (χ4n) is 2.05. The number of hydrogen-bond acceptors (Lipinski definition) is 4. The second-order valence-corrected chi connectivity index (χ2v) is 7.77. The molecule has 6 heteroatoms. The zero-order valence-corrected chi connectivity index (χ0v) is 13.3. The van der Waals surface area contributed by atoms with Gasteiger partial charge >= 0.3 is 0 Å². The Morgan fingerprint density at radius 1 is 1.47 bits per heavy atom. The van der Waals surface area contributed by atoms with Gasteiger partial charge in [-0.05, 0) is 46.6 Å². The highest BCUT2D eigenvalue weighted by Crippen LogP contribution is 2.29. The molecule has 1 unspecified atom stereocenters. The van der Waals surface area contributed by atoms with Crippen LogP contribution in [0, 0.1) is 0 Å². The van der Waals surface area contributed by atoms with E-state index in [1.807, 2.05) is 18.2 Å². The zero-order chi connectivity index (χ0) is 13.9. The summed E-state index contributed by atoms with van der Waals surface area (Å²) in [6.45, 7) is 3.80. The van der Waals surface area contributed by atoms with Gasteiger partial charge in [-0.2, -0.15) is 0 Å². The number of nitrogens with one attached hydrogen (secondary N) is 1. The van der Waals surface area contributed by atoms with Gasteiger partial charge in [-0.25, -0.2) is 8.42 Å². The van der Waals surface area contributed by atoms with Gasteiger partial charge in [0.15, 0.2) is 9.84 Å². The number of benzene rings is 1. The van der Waals surface area contributed by atoms with E-state index in [1.165, 1.54) is 5.56 Å². The SMILES string of the molecule is CCNCc1ccc(OC2CCS(=O)(=O)C2)c(Br)c1. The molecule has 1 atom stereocenters. The highest BCUT2D eigenvalue weighted by atomic mass is 79.9. The van der Waals surface area contributed by atoms with E-state index >= 15 is 0 Å². The largest absolute Gasteiger partial charge is 0.488 e. The predicted molar refractivity (Wildman–Crippen MR) is 79.2 cm³/mol. The zero-order valence-electron chi connectivity index (χ0n) is 10.9. The minimum Gasteiger partial charge on any atom is -0.488 e. The first-order valence-electron chi connectivity index (χ1n) is 6.36. The lowest BCUT2D eigenvalue weighted by Gasteiger charge is -2.14. The van der Waals surface area contributed by atoms with E-state index in [-0.39, 0.29) is 17.6 Å². The van der Waals surface area contributed by atoms with Crippen LogP contribution in [-0.4, -0.2) is 32.6 Å². The predicted octanol–water partition coefficient (Wildman–Crippen LogP) is 2.12. The molecule has 106 valence electrons. The molecular weight excluding hydrogens is 330 g/mol. The van der Waals surface area contributed by atoms with Crippen molar-refractivity contribution in [3.8, 4) is 5.75 Å². The average Bonchev–Trinajstić information content (AvgIpc) is 2.69. The average molecular weight is 348 g/mol. The van der Waals surface area contributed by atoms with Crippen molar-refractivity contribution in [1.29, 1.82) is 0 Å². The van der Waals surface area contributed by atoms with Gasteiger partial charge in [-0.3, -0.25) is 0 Å². The molecule has 4 nitrogen and oxygen atoms in total. The summed E-state index contributed by atoms with van der Waals surface area (Å²) in [7, 11) is -2.90. The second-order valence-electron chi connectivity index (χ2n) is 4.69. The van der Waals surface area contributed by atoms with Gasteiger partial charge in [0.05, 0.1) is 16.0 Å². The molecule has 0 bridgehead atoms. The normalized spacial score (nSPS) is 21.5. The Balaban J connectivity index is 2.01. The minimum absolute atomic E-state index is 0.124. The molecule has 0 aliphatic carbocycles. The molecule has 1 aliphatic rings. The van der Waals surface area contributed by atoms with Crippen LogP contribution >= 0.6 is 15.9 Å². The fourth-order valence-corrected chi connectivity index (χ4v) is 4.16. The topological polar surface area (TPSA) is 55.4 Å². The Morgan fingerprint density at radius 3 is 2.84 bits per heavy atom. The molecule has 1 aliphatic heterocycles. The molecule has 0 radical (unpaired) electrons. The Morgan fingerprint density at radius 2 is 2.26 bits per heavy atom. The molecule has 1 fully saturated rings. The maximum absolute atomic E-state index is 11.4. The smallest absolute Gasteiger partial charge is 0.154 e. The van der Waals surface area contributed by atoms with E-state index in [9.17, 15) is 8.42 Å². The third kappa shape index (κ3) is 4.19. The van der Waals surface area contributed by atoms with Crippen molar-refractivity contribution in [3.63, 3.8) is 0 Å².